The van der Waals surface area contributed by atoms with Gasteiger partial charge in [-0.15, -0.1) is 0 Å². The van der Waals surface area contributed by atoms with Crippen LogP contribution < -0.4 is 16.0 Å². The Morgan fingerprint density at radius 3 is 3.05 bits per heavy atom. The van der Waals surface area contributed by atoms with E-state index in [1.807, 2.05) is 0 Å². The Hall–Kier alpha value is -1.73. The fourth-order valence-corrected chi connectivity index (χ4v) is 5.38. The molecule has 9 nitrogen and oxygen atoms in total. The van der Waals surface area contributed by atoms with Crippen molar-refractivity contribution in [3.8, 4) is 5.75 Å². The van der Waals surface area contributed by atoms with E-state index in [4.69, 9.17) is 10.3 Å². The summed E-state index contributed by atoms with van der Waals surface area (Å²) in [6.45, 7) is 0.379. The van der Waals surface area contributed by atoms with Gasteiger partial charge in [-0.05, 0) is 0 Å². The molecule has 2 heterocycles. The molecule has 1 aromatic rings. The fourth-order valence-electron chi connectivity index (χ4n) is 2.27. The molecular formula is C11H15N5O4Se. The quantitative estimate of drug-likeness (QED) is 0.328. The summed E-state index contributed by atoms with van der Waals surface area (Å²) in [4.78, 5) is 28.3. The van der Waals surface area contributed by atoms with Gasteiger partial charge in [0.1, 0.15) is 0 Å². The van der Waals surface area contributed by atoms with E-state index in [2.05, 4.69) is 15.0 Å². The predicted octanol–water partition coefficient (Wildman–Crippen LogP) is -0.0987. The van der Waals surface area contributed by atoms with Crippen molar-refractivity contribution in [1.82, 2.24) is 9.55 Å². The van der Waals surface area contributed by atoms with Gasteiger partial charge in [-0.1, -0.05) is 0 Å². The monoisotopic (exact) mass is 361 g/mol. The van der Waals surface area contributed by atoms with Crippen molar-refractivity contribution in [2.75, 3.05) is 13.7 Å². The molecule has 10 heteroatoms. The number of aliphatic hydroxyl groups excluding tert-OH is 1. The van der Waals surface area contributed by atoms with E-state index in [9.17, 15) is 14.7 Å². The normalized spacial score (nSPS) is 24.6. The van der Waals surface area contributed by atoms with Gasteiger partial charge in [-0.25, -0.2) is 0 Å². The zero-order valence-corrected chi connectivity index (χ0v) is 13.0. The molecule has 0 bridgehead atoms. The average molecular weight is 360 g/mol. The van der Waals surface area contributed by atoms with Crippen LogP contribution in [0.5, 0.6) is 5.75 Å². The summed E-state index contributed by atoms with van der Waals surface area (Å²) >= 11 is 0.0520. The van der Waals surface area contributed by atoms with Crippen LogP contribution >= 0.6 is 0 Å². The number of H-pyrrole nitrogens is 1. The number of azide groups is 1. The van der Waals surface area contributed by atoms with Crippen LogP contribution in [0.4, 0.5) is 0 Å². The summed E-state index contributed by atoms with van der Waals surface area (Å²) in [6, 6.07) is -0.231. The zero-order valence-electron chi connectivity index (χ0n) is 11.3. The number of methoxy groups -OCH3 is 1. The number of aromatic nitrogens is 2. The number of hydrogen-bond donors (Lipinski definition) is 2. The fraction of sp³-hybridized carbons (Fsp3) is 0.636. The zero-order chi connectivity index (χ0) is 15.4. The van der Waals surface area contributed by atoms with Gasteiger partial charge >= 0.3 is 125 Å². The van der Waals surface area contributed by atoms with Crippen LogP contribution in [0.1, 0.15) is 6.42 Å². The number of hydrogen-bond acceptors (Lipinski definition) is 5. The minimum absolute atomic E-state index is 0.0238. The Balaban J connectivity index is 2.18. The molecule has 1 saturated heterocycles. The summed E-state index contributed by atoms with van der Waals surface area (Å²) in [6.07, 6.45) is 2.01. The molecule has 0 radical (unpaired) electrons. The van der Waals surface area contributed by atoms with Crippen molar-refractivity contribution in [2.45, 2.75) is 28.6 Å². The molecule has 0 spiro atoms. The maximum absolute atomic E-state index is 11.8. The average Bonchev–Trinajstić information content (AvgIpc) is 2.84. The number of ether oxygens (including phenoxy) is 1. The first kappa shape index (κ1) is 15.7. The van der Waals surface area contributed by atoms with Crippen molar-refractivity contribution >= 4 is 15.0 Å². The molecule has 0 saturated carbocycles. The number of rotatable bonds is 5. The first-order valence-corrected chi connectivity index (χ1v) is 8.25. The molecule has 0 aromatic carbocycles. The Kier molecular flexibility index (Phi) is 5.08. The van der Waals surface area contributed by atoms with E-state index >= 15 is 0 Å². The second kappa shape index (κ2) is 6.82. The molecule has 2 rings (SSSR count). The predicted molar refractivity (Wildman–Crippen MR) is 75.8 cm³/mol. The first-order chi connectivity index (χ1) is 10.1. The molecule has 1 fully saturated rings. The Morgan fingerprint density at radius 2 is 2.43 bits per heavy atom. The van der Waals surface area contributed by atoms with Crippen LogP contribution in [0.3, 0.4) is 0 Å². The molecule has 114 valence electrons. The van der Waals surface area contributed by atoms with Crippen molar-refractivity contribution < 1.29 is 9.84 Å². The molecule has 1 aliphatic rings. The molecule has 3 atom stereocenters. The van der Waals surface area contributed by atoms with E-state index in [-0.39, 0.29) is 43.0 Å². The second-order valence-corrected chi connectivity index (χ2v) is 7.84. The summed E-state index contributed by atoms with van der Waals surface area (Å²) in [5.41, 5.74) is 7.48. The van der Waals surface area contributed by atoms with E-state index in [1.54, 1.807) is 0 Å². The maximum atomic E-state index is 11.8. The van der Waals surface area contributed by atoms with Crippen LogP contribution in [0, 0.1) is 0 Å². The van der Waals surface area contributed by atoms with Gasteiger partial charge in [0.2, 0.25) is 0 Å². The Morgan fingerprint density at radius 1 is 1.67 bits per heavy atom. The molecule has 1 aromatic heterocycles. The second-order valence-electron chi connectivity index (χ2n) is 4.60. The van der Waals surface area contributed by atoms with Gasteiger partial charge in [-0.3, -0.25) is 0 Å². The Bertz CT molecular complexity index is 665. The topological polar surface area (TPSA) is 133 Å². The van der Waals surface area contributed by atoms with E-state index in [1.165, 1.54) is 17.9 Å². The third-order valence-electron chi connectivity index (χ3n) is 3.28. The SMILES string of the molecule is COc1cn(CC2CC(N=[N+]=[N-])C(CO)[Se]2)c(=O)[nH]c1=O. The molecule has 0 aliphatic carbocycles. The number of aliphatic hydroxyl groups is 1. The molecule has 0 amide bonds. The van der Waals surface area contributed by atoms with Crippen LogP contribution in [0.15, 0.2) is 20.9 Å². The third kappa shape index (κ3) is 3.48. The van der Waals surface area contributed by atoms with Crippen molar-refractivity contribution in [2.24, 2.45) is 5.11 Å². The summed E-state index contributed by atoms with van der Waals surface area (Å²) < 4.78 is 6.29. The summed E-state index contributed by atoms with van der Waals surface area (Å²) in [5.74, 6) is 0.0744. The number of nitrogens with zero attached hydrogens (tertiary/aromatic N) is 4. The van der Waals surface area contributed by atoms with Gasteiger partial charge in [-0.2, -0.15) is 0 Å². The van der Waals surface area contributed by atoms with Crippen molar-refractivity contribution in [3.63, 3.8) is 0 Å². The minimum atomic E-state index is -0.559. The van der Waals surface area contributed by atoms with Crippen LogP contribution in [-0.4, -0.2) is 49.4 Å². The van der Waals surface area contributed by atoms with E-state index in [0.717, 1.165) is 0 Å². The summed E-state index contributed by atoms with van der Waals surface area (Å²) in [7, 11) is 1.36. The molecule has 1 aliphatic heterocycles. The van der Waals surface area contributed by atoms with Gasteiger partial charge in [0, 0.05) is 0 Å². The molecule has 2 N–H and O–H groups in total. The Labute approximate surface area is 125 Å². The number of nitrogens with one attached hydrogen (secondary N) is 1. The van der Waals surface area contributed by atoms with Crippen LogP contribution in [0.2, 0.25) is 9.63 Å². The van der Waals surface area contributed by atoms with Gasteiger partial charge in [0.15, 0.2) is 0 Å². The van der Waals surface area contributed by atoms with Crippen molar-refractivity contribution in [1.29, 1.82) is 0 Å². The van der Waals surface area contributed by atoms with E-state index in [0.29, 0.717) is 13.0 Å². The van der Waals surface area contributed by atoms with Gasteiger partial charge in [0.25, 0.3) is 0 Å². The van der Waals surface area contributed by atoms with Gasteiger partial charge < -0.3 is 0 Å². The molecule has 21 heavy (non-hydrogen) atoms. The molecular weight excluding hydrogens is 345 g/mol. The third-order valence-corrected chi connectivity index (χ3v) is 6.51. The van der Waals surface area contributed by atoms with E-state index < -0.39 is 11.2 Å². The molecule has 3 unspecified atom stereocenters. The first-order valence-electron chi connectivity index (χ1n) is 6.27. The summed E-state index contributed by atoms with van der Waals surface area (Å²) in [5, 5.41) is 13.0. The number of aromatic amines is 1. The van der Waals surface area contributed by atoms with Gasteiger partial charge in [0.05, 0.1) is 0 Å². The van der Waals surface area contributed by atoms with Crippen molar-refractivity contribution in [3.05, 3.63) is 37.5 Å². The van der Waals surface area contributed by atoms with Crippen LogP contribution in [0.25, 0.3) is 10.4 Å². The standard InChI is InChI=1S/C11H15N5O4Se/c1-20-8-4-16(11(19)13-10(8)18)3-6-2-7(14-15-12)9(5-17)21-6/h4,6-7,9,17H,2-3,5H2,1H3,(H,13,18,19). The van der Waals surface area contributed by atoms with Crippen LogP contribution in [-0.2, 0) is 6.54 Å².